The Morgan fingerprint density at radius 3 is 2.42 bits per heavy atom. The summed E-state index contributed by atoms with van der Waals surface area (Å²) in [7, 11) is 0. The van der Waals surface area contributed by atoms with Gasteiger partial charge < -0.3 is 5.32 Å². The lowest BCUT2D eigenvalue weighted by Gasteiger charge is -2.14. The van der Waals surface area contributed by atoms with Crippen molar-refractivity contribution in [1.29, 1.82) is 0 Å². The Bertz CT molecular complexity index is 123. The summed E-state index contributed by atoms with van der Waals surface area (Å²) in [5, 5.41) is 3.22. The summed E-state index contributed by atoms with van der Waals surface area (Å²) in [6.45, 7) is 7.01. The molecule has 0 aromatic heterocycles. The van der Waals surface area contributed by atoms with E-state index < -0.39 is 0 Å². The monoisotopic (exact) mass is 171 g/mol. The Labute approximate surface area is 75.7 Å². The molecule has 72 valence electrons. The van der Waals surface area contributed by atoms with Crippen molar-refractivity contribution in [3.8, 4) is 0 Å². The third kappa shape index (κ3) is 4.50. The lowest BCUT2D eigenvalue weighted by Crippen LogP contribution is -2.36. The summed E-state index contributed by atoms with van der Waals surface area (Å²) in [6.07, 6.45) is 3.96. The fourth-order valence-corrected chi connectivity index (χ4v) is 1.28. The summed E-state index contributed by atoms with van der Waals surface area (Å²) < 4.78 is 0. The van der Waals surface area contributed by atoms with Gasteiger partial charge in [0.25, 0.3) is 0 Å². The highest BCUT2D eigenvalue weighted by Crippen LogP contribution is 2.03. The van der Waals surface area contributed by atoms with Gasteiger partial charge in [-0.2, -0.15) is 0 Å². The van der Waals surface area contributed by atoms with Crippen LogP contribution in [0.2, 0.25) is 0 Å². The van der Waals surface area contributed by atoms with Crippen LogP contribution in [0.1, 0.15) is 46.5 Å². The molecule has 12 heavy (non-hydrogen) atoms. The molecule has 0 radical (unpaired) electrons. The lowest BCUT2D eigenvalue weighted by molar-refractivity contribution is -0.120. The fraction of sp³-hybridized carbons (Fsp3) is 0.900. The van der Waals surface area contributed by atoms with Crippen LogP contribution >= 0.6 is 0 Å². The topological polar surface area (TPSA) is 29.1 Å². The van der Waals surface area contributed by atoms with Gasteiger partial charge in [-0.15, -0.1) is 0 Å². The van der Waals surface area contributed by atoms with Gasteiger partial charge in [0.15, 0.2) is 0 Å². The predicted molar refractivity (Wildman–Crippen MR) is 52.3 cm³/mol. The lowest BCUT2D eigenvalue weighted by atomic mass is 10.0. The summed E-state index contributed by atoms with van der Waals surface area (Å²) in [6, 6.07) is 0.111. The molecule has 0 bridgehead atoms. The molecule has 0 aromatic carbocycles. The SMILES string of the molecule is CCCCC(NCC)C(=O)CC. The number of hydrogen-bond donors (Lipinski definition) is 1. The predicted octanol–water partition coefficient (Wildman–Crippen LogP) is 2.13. The molecular formula is C10H21NO. The van der Waals surface area contributed by atoms with Gasteiger partial charge in [0.1, 0.15) is 5.78 Å². The van der Waals surface area contributed by atoms with Crippen LogP contribution in [0.15, 0.2) is 0 Å². The molecule has 0 fully saturated rings. The molecule has 0 spiro atoms. The largest absolute Gasteiger partial charge is 0.308 e. The van der Waals surface area contributed by atoms with Gasteiger partial charge in [0.05, 0.1) is 6.04 Å². The van der Waals surface area contributed by atoms with Crippen LogP contribution in [0, 0.1) is 0 Å². The minimum absolute atomic E-state index is 0.111. The van der Waals surface area contributed by atoms with Gasteiger partial charge >= 0.3 is 0 Å². The van der Waals surface area contributed by atoms with E-state index in [2.05, 4.69) is 12.2 Å². The van der Waals surface area contributed by atoms with E-state index in [1.54, 1.807) is 0 Å². The molecule has 2 nitrogen and oxygen atoms in total. The van der Waals surface area contributed by atoms with E-state index in [1.165, 1.54) is 6.42 Å². The second kappa shape index (κ2) is 7.29. The highest BCUT2D eigenvalue weighted by Gasteiger charge is 2.13. The van der Waals surface area contributed by atoms with Crippen molar-refractivity contribution < 1.29 is 4.79 Å². The van der Waals surface area contributed by atoms with Gasteiger partial charge in [0, 0.05) is 6.42 Å². The first kappa shape index (κ1) is 11.6. The number of nitrogens with one attached hydrogen (secondary N) is 1. The summed E-state index contributed by atoms with van der Waals surface area (Å²) in [5.74, 6) is 0.352. The molecule has 0 aliphatic heterocycles. The number of carbonyl (C=O) groups is 1. The zero-order valence-electron chi connectivity index (χ0n) is 8.52. The van der Waals surface area contributed by atoms with E-state index in [9.17, 15) is 4.79 Å². The number of unbranched alkanes of at least 4 members (excludes halogenated alkanes) is 1. The van der Waals surface area contributed by atoms with Gasteiger partial charge in [-0.3, -0.25) is 4.79 Å². The number of hydrogen-bond acceptors (Lipinski definition) is 2. The normalized spacial score (nSPS) is 12.9. The molecule has 1 unspecified atom stereocenters. The van der Waals surface area contributed by atoms with Crippen LogP contribution in [0.5, 0.6) is 0 Å². The first-order valence-electron chi connectivity index (χ1n) is 5.02. The van der Waals surface area contributed by atoms with E-state index in [1.807, 2.05) is 13.8 Å². The Kier molecular flexibility index (Phi) is 7.06. The van der Waals surface area contributed by atoms with Crippen LogP contribution in [0.3, 0.4) is 0 Å². The number of rotatable bonds is 7. The first-order chi connectivity index (χ1) is 5.76. The van der Waals surface area contributed by atoms with Crippen molar-refractivity contribution in [1.82, 2.24) is 5.32 Å². The molecule has 2 heteroatoms. The molecule has 0 saturated carbocycles. The Balaban J connectivity index is 3.76. The standard InChI is InChI=1S/C10H21NO/c1-4-7-8-9(11-6-3)10(12)5-2/h9,11H,4-8H2,1-3H3. The zero-order valence-corrected chi connectivity index (χ0v) is 8.52. The molecule has 0 saturated heterocycles. The molecule has 0 aliphatic rings. The van der Waals surface area contributed by atoms with Crippen molar-refractivity contribution in [3.63, 3.8) is 0 Å². The van der Waals surface area contributed by atoms with Crippen molar-refractivity contribution in [3.05, 3.63) is 0 Å². The van der Waals surface area contributed by atoms with Crippen LogP contribution in [0.25, 0.3) is 0 Å². The zero-order chi connectivity index (χ0) is 9.40. The number of Topliss-reactive ketones (excluding diaryl/α,β-unsaturated/α-hetero) is 1. The van der Waals surface area contributed by atoms with E-state index in [-0.39, 0.29) is 6.04 Å². The van der Waals surface area contributed by atoms with Gasteiger partial charge in [-0.1, -0.05) is 33.6 Å². The van der Waals surface area contributed by atoms with Crippen molar-refractivity contribution in [2.45, 2.75) is 52.5 Å². The Morgan fingerprint density at radius 1 is 1.33 bits per heavy atom. The van der Waals surface area contributed by atoms with Crippen LogP contribution in [-0.4, -0.2) is 18.4 Å². The molecular weight excluding hydrogens is 150 g/mol. The number of ketones is 1. The number of carbonyl (C=O) groups excluding carboxylic acids is 1. The number of likely N-dealkylation sites (N-methyl/N-ethyl adjacent to an activating group) is 1. The van der Waals surface area contributed by atoms with Crippen molar-refractivity contribution in [2.24, 2.45) is 0 Å². The quantitative estimate of drug-likeness (QED) is 0.636. The second-order valence-electron chi connectivity index (χ2n) is 3.07. The highest BCUT2D eigenvalue weighted by atomic mass is 16.1. The van der Waals surface area contributed by atoms with E-state index in [0.717, 1.165) is 19.4 Å². The van der Waals surface area contributed by atoms with Gasteiger partial charge in [-0.05, 0) is 13.0 Å². The Hall–Kier alpha value is -0.370. The van der Waals surface area contributed by atoms with Crippen LogP contribution in [-0.2, 0) is 4.79 Å². The van der Waals surface area contributed by atoms with E-state index >= 15 is 0 Å². The van der Waals surface area contributed by atoms with Crippen LogP contribution < -0.4 is 5.32 Å². The second-order valence-corrected chi connectivity index (χ2v) is 3.07. The molecule has 0 aliphatic carbocycles. The fourth-order valence-electron chi connectivity index (χ4n) is 1.28. The van der Waals surface area contributed by atoms with Crippen molar-refractivity contribution in [2.75, 3.05) is 6.54 Å². The van der Waals surface area contributed by atoms with Crippen molar-refractivity contribution >= 4 is 5.78 Å². The summed E-state index contributed by atoms with van der Waals surface area (Å²) in [5.41, 5.74) is 0. The maximum Gasteiger partial charge on any atom is 0.149 e. The average molecular weight is 171 g/mol. The van der Waals surface area contributed by atoms with E-state index in [4.69, 9.17) is 0 Å². The third-order valence-corrected chi connectivity index (χ3v) is 2.03. The average Bonchev–Trinajstić information content (AvgIpc) is 2.11. The molecule has 0 amide bonds. The van der Waals surface area contributed by atoms with Gasteiger partial charge in [0.2, 0.25) is 0 Å². The molecule has 1 atom stereocenters. The Morgan fingerprint density at radius 2 is 2.00 bits per heavy atom. The summed E-state index contributed by atoms with van der Waals surface area (Å²) in [4.78, 5) is 11.3. The highest BCUT2D eigenvalue weighted by molar-refractivity contribution is 5.83. The molecule has 0 aromatic rings. The maximum absolute atomic E-state index is 11.3. The minimum Gasteiger partial charge on any atom is -0.308 e. The molecule has 0 rings (SSSR count). The third-order valence-electron chi connectivity index (χ3n) is 2.03. The minimum atomic E-state index is 0.111. The smallest absolute Gasteiger partial charge is 0.149 e. The maximum atomic E-state index is 11.3. The molecule has 1 N–H and O–H groups in total. The summed E-state index contributed by atoms with van der Waals surface area (Å²) >= 11 is 0. The van der Waals surface area contributed by atoms with E-state index in [0.29, 0.717) is 12.2 Å². The first-order valence-corrected chi connectivity index (χ1v) is 5.02. The molecule has 0 heterocycles. The van der Waals surface area contributed by atoms with Gasteiger partial charge in [-0.25, -0.2) is 0 Å². The van der Waals surface area contributed by atoms with Crippen LogP contribution in [0.4, 0.5) is 0 Å².